The summed E-state index contributed by atoms with van der Waals surface area (Å²) in [4.78, 5) is 30.2. The quantitative estimate of drug-likeness (QED) is 0.506. The van der Waals surface area contributed by atoms with E-state index in [0.29, 0.717) is 25.0 Å². The highest BCUT2D eigenvalue weighted by atomic mass is 16.5. The van der Waals surface area contributed by atoms with E-state index in [-0.39, 0.29) is 18.5 Å². The Hall–Kier alpha value is -3.10. The molecule has 2 saturated carbocycles. The number of imide groups is 1. The molecule has 8 heteroatoms. The molecule has 0 aromatic heterocycles. The number of carbonyl (C=O) groups is 2. The van der Waals surface area contributed by atoms with Gasteiger partial charge in [0, 0.05) is 23.9 Å². The van der Waals surface area contributed by atoms with Crippen molar-refractivity contribution < 1.29 is 24.2 Å². The summed E-state index contributed by atoms with van der Waals surface area (Å²) < 4.78 is 10.8. The maximum absolute atomic E-state index is 14.0. The van der Waals surface area contributed by atoms with Crippen LogP contribution in [0, 0.1) is 18.8 Å². The summed E-state index contributed by atoms with van der Waals surface area (Å²) in [5.74, 6) is 1.43. The molecule has 3 aliphatic rings. The zero-order valence-electron chi connectivity index (χ0n) is 24.2. The van der Waals surface area contributed by atoms with Gasteiger partial charge in [0.2, 0.25) is 5.91 Å². The molecule has 1 saturated heterocycles. The van der Waals surface area contributed by atoms with Gasteiger partial charge in [-0.1, -0.05) is 18.2 Å². The Bertz CT molecular complexity index is 1250. The van der Waals surface area contributed by atoms with Crippen LogP contribution in [0.2, 0.25) is 0 Å². The number of urea groups is 1. The monoisotopic (exact) mass is 549 g/mol. The molecule has 4 unspecified atom stereocenters. The normalized spacial score (nSPS) is 28.4. The Kier molecular flexibility index (Phi) is 7.86. The Morgan fingerprint density at radius 2 is 1.73 bits per heavy atom. The molecule has 0 bridgehead atoms. The minimum atomic E-state index is -1.03. The Morgan fingerprint density at radius 3 is 2.35 bits per heavy atom. The molecule has 0 radical (unpaired) electrons. The van der Waals surface area contributed by atoms with E-state index in [2.05, 4.69) is 18.7 Å². The van der Waals surface area contributed by atoms with Crippen molar-refractivity contribution in [2.75, 3.05) is 27.3 Å². The van der Waals surface area contributed by atoms with Gasteiger partial charge in [0.25, 0.3) is 0 Å². The second kappa shape index (κ2) is 11.1. The number of likely N-dealkylation sites (tertiary alicyclic amines) is 1. The molecule has 4 atom stereocenters. The summed E-state index contributed by atoms with van der Waals surface area (Å²) in [7, 11) is 3.24. The lowest BCUT2D eigenvalue weighted by molar-refractivity contribution is -0.170. The van der Waals surface area contributed by atoms with Gasteiger partial charge in [-0.15, -0.1) is 0 Å². The third kappa shape index (κ3) is 5.07. The van der Waals surface area contributed by atoms with Crippen LogP contribution in [0.5, 0.6) is 11.5 Å². The zero-order valence-corrected chi connectivity index (χ0v) is 24.2. The molecule has 1 heterocycles. The van der Waals surface area contributed by atoms with Crippen molar-refractivity contribution in [1.29, 1.82) is 0 Å². The number of fused-ring (bicyclic) bond motifs is 1. The third-order valence-corrected chi connectivity index (χ3v) is 9.89. The van der Waals surface area contributed by atoms with Crippen LogP contribution in [-0.4, -0.2) is 65.8 Å². The minimum Gasteiger partial charge on any atom is -0.497 e. The molecule has 2 aromatic rings. The van der Waals surface area contributed by atoms with Crippen LogP contribution in [-0.2, 0) is 16.8 Å². The third-order valence-electron chi connectivity index (χ3n) is 9.89. The van der Waals surface area contributed by atoms with Crippen LogP contribution in [0.4, 0.5) is 4.79 Å². The highest BCUT2D eigenvalue weighted by Crippen LogP contribution is 2.57. The van der Waals surface area contributed by atoms with Gasteiger partial charge >= 0.3 is 6.03 Å². The van der Waals surface area contributed by atoms with E-state index in [9.17, 15) is 14.7 Å². The maximum atomic E-state index is 14.0. The molecule has 2 aromatic carbocycles. The Labute approximate surface area is 237 Å². The van der Waals surface area contributed by atoms with Gasteiger partial charge in [-0.05, 0) is 106 Å². The fourth-order valence-corrected chi connectivity index (χ4v) is 7.30. The first-order valence-corrected chi connectivity index (χ1v) is 14.5. The number of amides is 3. The lowest BCUT2D eigenvalue weighted by atomic mass is 9.51. The number of piperidine rings is 1. The average Bonchev–Trinajstić information content (AvgIpc) is 3.78. The SMILES string of the molecule is COc1ccc(CN(C(N)=O)C(=O)C2CCC3(O)C(C)N(CC4CC4)CCC3(c3cc(OC)ccc3C)C2)cc1. The molecule has 40 heavy (non-hydrogen) atoms. The van der Waals surface area contributed by atoms with Crippen molar-refractivity contribution in [3.05, 3.63) is 59.2 Å². The second-order valence-corrected chi connectivity index (χ2v) is 12.1. The lowest BCUT2D eigenvalue weighted by Crippen LogP contribution is -2.70. The summed E-state index contributed by atoms with van der Waals surface area (Å²) in [6.07, 6.45) is 4.66. The molecule has 0 spiro atoms. The number of carbonyl (C=O) groups excluding carboxylic acids is 2. The number of aryl methyl sites for hydroxylation is 1. The smallest absolute Gasteiger partial charge is 0.321 e. The van der Waals surface area contributed by atoms with Crippen molar-refractivity contribution in [3.63, 3.8) is 0 Å². The van der Waals surface area contributed by atoms with E-state index < -0.39 is 23.0 Å². The Morgan fingerprint density at radius 1 is 1.05 bits per heavy atom. The summed E-state index contributed by atoms with van der Waals surface area (Å²) in [6.45, 7) is 6.16. The first-order chi connectivity index (χ1) is 19.1. The first kappa shape index (κ1) is 28.4. The van der Waals surface area contributed by atoms with E-state index in [1.807, 2.05) is 30.3 Å². The van der Waals surface area contributed by atoms with E-state index in [1.54, 1.807) is 26.4 Å². The van der Waals surface area contributed by atoms with E-state index in [1.165, 1.54) is 12.8 Å². The predicted molar refractivity (Wildman–Crippen MR) is 153 cm³/mol. The highest BCUT2D eigenvalue weighted by Gasteiger charge is 2.62. The summed E-state index contributed by atoms with van der Waals surface area (Å²) in [5, 5.41) is 12.7. The van der Waals surface area contributed by atoms with E-state index >= 15 is 0 Å². The van der Waals surface area contributed by atoms with Crippen molar-refractivity contribution in [3.8, 4) is 11.5 Å². The van der Waals surface area contributed by atoms with Crippen molar-refractivity contribution in [2.45, 2.75) is 76.0 Å². The van der Waals surface area contributed by atoms with Crippen LogP contribution in [0.3, 0.4) is 0 Å². The first-order valence-electron chi connectivity index (χ1n) is 14.5. The second-order valence-electron chi connectivity index (χ2n) is 12.1. The van der Waals surface area contributed by atoms with Gasteiger partial charge in [-0.25, -0.2) is 4.79 Å². The summed E-state index contributed by atoms with van der Waals surface area (Å²) in [5.41, 5.74) is 6.98. The molecule has 5 rings (SSSR count). The number of benzene rings is 2. The number of methoxy groups -OCH3 is 2. The number of nitrogens with zero attached hydrogens (tertiary/aromatic N) is 2. The molecule has 2 aliphatic carbocycles. The highest BCUT2D eigenvalue weighted by molar-refractivity contribution is 5.95. The molecule has 8 nitrogen and oxygen atoms in total. The van der Waals surface area contributed by atoms with Gasteiger partial charge in [0.1, 0.15) is 11.5 Å². The summed E-state index contributed by atoms with van der Waals surface area (Å²) >= 11 is 0. The van der Waals surface area contributed by atoms with Gasteiger partial charge < -0.3 is 20.3 Å². The lowest BCUT2D eigenvalue weighted by Gasteiger charge is -2.61. The van der Waals surface area contributed by atoms with Crippen LogP contribution in [0.25, 0.3) is 0 Å². The van der Waals surface area contributed by atoms with Crippen LogP contribution >= 0.6 is 0 Å². The largest absolute Gasteiger partial charge is 0.497 e. The van der Waals surface area contributed by atoms with E-state index in [0.717, 1.165) is 52.8 Å². The fourth-order valence-electron chi connectivity index (χ4n) is 7.30. The zero-order chi connectivity index (χ0) is 28.7. The molecule has 1 aliphatic heterocycles. The topological polar surface area (TPSA) is 105 Å². The van der Waals surface area contributed by atoms with Gasteiger partial charge in [0.05, 0.1) is 26.4 Å². The fraction of sp³-hybridized carbons (Fsp3) is 0.562. The number of hydrogen-bond donors (Lipinski definition) is 2. The Balaban J connectivity index is 1.49. The number of ether oxygens (including phenoxy) is 2. The average molecular weight is 550 g/mol. The number of aliphatic hydroxyl groups is 1. The molecular weight excluding hydrogens is 506 g/mol. The van der Waals surface area contributed by atoms with Gasteiger partial charge in [-0.2, -0.15) is 0 Å². The molecule has 3 N–H and O–H groups in total. The molecule has 3 fully saturated rings. The van der Waals surface area contributed by atoms with Gasteiger partial charge in [0.15, 0.2) is 0 Å². The molecular formula is C32H43N3O5. The van der Waals surface area contributed by atoms with Crippen molar-refractivity contribution in [1.82, 2.24) is 9.80 Å². The van der Waals surface area contributed by atoms with Crippen molar-refractivity contribution in [2.24, 2.45) is 17.6 Å². The van der Waals surface area contributed by atoms with Crippen LogP contribution < -0.4 is 15.2 Å². The predicted octanol–water partition coefficient (Wildman–Crippen LogP) is 4.39. The number of nitrogens with two attached hydrogens (primary N) is 1. The number of hydrogen-bond acceptors (Lipinski definition) is 6. The van der Waals surface area contributed by atoms with Crippen molar-refractivity contribution >= 4 is 11.9 Å². The minimum absolute atomic E-state index is 0.0601. The molecule has 3 amide bonds. The standard InChI is InChI=1S/C32H43N3O5/c1-21-5-10-27(40-4)17-28(21)31-15-16-34(19-23-6-7-23)22(2)32(31,38)14-13-25(18-31)29(36)35(30(33)37)20-24-8-11-26(39-3)12-9-24/h5,8-12,17,22-23,25,38H,6-7,13-16,18-20H2,1-4H3,(H2,33,37). The van der Waals surface area contributed by atoms with Crippen LogP contribution in [0.1, 0.15) is 62.1 Å². The van der Waals surface area contributed by atoms with Gasteiger partial charge in [-0.3, -0.25) is 14.6 Å². The number of primary amides is 1. The summed E-state index contributed by atoms with van der Waals surface area (Å²) in [6, 6.07) is 12.5. The maximum Gasteiger partial charge on any atom is 0.321 e. The molecule has 216 valence electrons. The van der Waals surface area contributed by atoms with E-state index in [4.69, 9.17) is 15.2 Å². The number of rotatable bonds is 8. The van der Waals surface area contributed by atoms with Crippen LogP contribution in [0.15, 0.2) is 42.5 Å².